The van der Waals surface area contributed by atoms with Crippen molar-refractivity contribution in [1.82, 2.24) is 10.2 Å². The van der Waals surface area contributed by atoms with E-state index < -0.39 is 12.1 Å². The summed E-state index contributed by atoms with van der Waals surface area (Å²) in [4.78, 5) is 47.4. The van der Waals surface area contributed by atoms with Crippen LogP contribution in [0.1, 0.15) is 62.9 Å². The molecule has 2 aliphatic heterocycles. The van der Waals surface area contributed by atoms with Crippen LogP contribution in [0.4, 0.5) is 18.9 Å². The number of ketones is 1. The average Bonchev–Trinajstić information content (AvgIpc) is 2.68. The van der Waals surface area contributed by atoms with Crippen molar-refractivity contribution in [3.05, 3.63) is 29.3 Å². The largest absolute Gasteiger partial charge is 0.490 e. The highest BCUT2D eigenvalue weighted by Crippen LogP contribution is 2.25. The number of carboxylic acid groups (broad SMARTS) is 1. The molecule has 1 aromatic rings. The maximum Gasteiger partial charge on any atom is 0.490 e. The van der Waals surface area contributed by atoms with Gasteiger partial charge in [0, 0.05) is 54.7 Å². The Labute approximate surface area is 195 Å². The lowest BCUT2D eigenvalue weighted by molar-refractivity contribution is -0.192. The first-order chi connectivity index (χ1) is 15.5. The van der Waals surface area contributed by atoms with E-state index in [4.69, 9.17) is 9.90 Å². The van der Waals surface area contributed by atoms with Crippen LogP contribution in [0.5, 0.6) is 0 Å². The standard InChI is InChI=1S/C21H29N3O3.C2HF3O2/c1-20(2)12-24(13-21(3,4)23-20)19(27)10-8-17(25)15-5-7-16-14(11-15)6-9-18(26)22-16;3-2(4,5)1(6)7/h5,7,11,23H,6,8-10,12-13H2,1-4H3,(H,22,26);(H,6,7). The monoisotopic (exact) mass is 485 g/mol. The highest BCUT2D eigenvalue weighted by atomic mass is 19.4. The molecule has 0 aliphatic carbocycles. The van der Waals surface area contributed by atoms with E-state index in [0.717, 1.165) is 11.3 Å². The molecule has 8 nitrogen and oxygen atoms in total. The lowest BCUT2D eigenvalue weighted by atomic mass is 9.91. The Morgan fingerprint density at radius 1 is 1.03 bits per heavy atom. The number of halogens is 3. The van der Waals surface area contributed by atoms with Gasteiger partial charge in [-0.3, -0.25) is 14.4 Å². The minimum absolute atomic E-state index is 0.00837. The van der Waals surface area contributed by atoms with Gasteiger partial charge in [-0.15, -0.1) is 0 Å². The molecule has 0 spiro atoms. The van der Waals surface area contributed by atoms with Crippen molar-refractivity contribution in [3.8, 4) is 0 Å². The molecule has 0 atom stereocenters. The summed E-state index contributed by atoms with van der Waals surface area (Å²) in [6.07, 6.45) is -3.57. The summed E-state index contributed by atoms with van der Waals surface area (Å²) < 4.78 is 31.7. The Morgan fingerprint density at radius 3 is 2.12 bits per heavy atom. The van der Waals surface area contributed by atoms with E-state index in [1.54, 1.807) is 12.1 Å². The topological polar surface area (TPSA) is 116 Å². The third kappa shape index (κ3) is 7.82. The van der Waals surface area contributed by atoms with Gasteiger partial charge in [0.2, 0.25) is 11.8 Å². The van der Waals surface area contributed by atoms with Gasteiger partial charge < -0.3 is 20.6 Å². The Balaban J connectivity index is 0.000000509. The van der Waals surface area contributed by atoms with Gasteiger partial charge in [-0.1, -0.05) is 0 Å². The minimum Gasteiger partial charge on any atom is -0.475 e. The fourth-order valence-corrected chi connectivity index (χ4v) is 4.26. The van der Waals surface area contributed by atoms with E-state index in [0.29, 0.717) is 31.5 Å². The fraction of sp³-hybridized carbons (Fsp3) is 0.565. The molecule has 34 heavy (non-hydrogen) atoms. The van der Waals surface area contributed by atoms with Crippen LogP contribution >= 0.6 is 0 Å². The molecule has 0 unspecified atom stereocenters. The Hall–Kier alpha value is -2.95. The molecule has 1 saturated heterocycles. The van der Waals surface area contributed by atoms with Gasteiger partial charge in [-0.2, -0.15) is 13.2 Å². The molecule has 1 fully saturated rings. The molecule has 3 rings (SSSR count). The van der Waals surface area contributed by atoms with Crippen LogP contribution in [-0.4, -0.2) is 63.9 Å². The molecule has 0 radical (unpaired) electrons. The maximum absolute atomic E-state index is 12.7. The van der Waals surface area contributed by atoms with E-state index >= 15 is 0 Å². The SMILES string of the molecule is CC1(C)CN(C(=O)CCC(=O)c2ccc3c(c2)CCC(=O)N3)CC(C)(C)N1.O=C(O)C(F)(F)F. The first-order valence-electron chi connectivity index (χ1n) is 10.8. The zero-order chi connectivity index (χ0) is 25.9. The number of carboxylic acids is 1. The summed E-state index contributed by atoms with van der Waals surface area (Å²) in [6.45, 7) is 9.64. The Bertz CT molecular complexity index is 957. The van der Waals surface area contributed by atoms with Gasteiger partial charge in [0.15, 0.2) is 5.78 Å². The number of piperazine rings is 1. The summed E-state index contributed by atoms with van der Waals surface area (Å²) >= 11 is 0. The van der Waals surface area contributed by atoms with E-state index in [9.17, 15) is 27.6 Å². The number of carbonyl (C=O) groups is 4. The van der Waals surface area contributed by atoms with Crippen molar-refractivity contribution in [3.63, 3.8) is 0 Å². The van der Waals surface area contributed by atoms with Gasteiger partial charge in [0.25, 0.3) is 0 Å². The molecule has 0 saturated carbocycles. The number of amides is 2. The number of hydrogen-bond donors (Lipinski definition) is 3. The second-order valence-electron chi connectivity index (χ2n) is 9.79. The molecule has 188 valence electrons. The summed E-state index contributed by atoms with van der Waals surface area (Å²) in [6, 6.07) is 5.36. The number of carbonyl (C=O) groups excluding carboxylic acids is 3. The molecule has 2 heterocycles. The van der Waals surface area contributed by atoms with Crippen molar-refractivity contribution in [2.24, 2.45) is 0 Å². The minimum atomic E-state index is -5.08. The van der Waals surface area contributed by atoms with Crippen LogP contribution in [0.2, 0.25) is 0 Å². The predicted octanol–water partition coefficient (Wildman–Crippen LogP) is 3.16. The number of aliphatic carboxylic acids is 1. The smallest absolute Gasteiger partial charge is 0.475 e. The van der Waals surface area contributed by atoms with Crippen molar-refractivity contribution in [2.45, 2.75) is 70.6 Å². The number of nitrogens with zero attached hydrogens (tertiary/aromatic N) is 1. The van der Waals surface area contributed by atoms with E-state index in [1.165, 1.54) is 0 Å². The zero-order valence-corrected chi connectivity index (χ0v) is 19.6. The van der Waals surface area contributed by atoms with E-state index in [-0.39, 0.29) is 41.5 Å². The van der Waals surface area contributed by atoms with Crippen molar-refractivity contribution < 1.29 is 37.5 Å². The molecule has 3 N–H and O–H groups in total. The van der Waals surface area contributed by atoms with Crippen molar-refractivity contribution in [1.29, 1.82) is 0 Å². The maximum atomic E-state index is 12.7. The van der Waals surface area contributed by atoms with Crippen molar-refractivity contribution >= 4 is 29.3 Å². The van der Waals surface area contributed by atoms with Gasteiger partial charge in [-0.25, -0.2) is 4.79 Å². The fourth-order valence-electron chi connectivity index (χ4n) is 4.26. The molecule has 2 aliphatic rings. The summed E-state index contributed by atoms with van der Waals surface area (Å²) in [5.74, 6) is -2.76. The number of aryl methyl sites for hydroxylation is 1. The first kappa shape index (κ1) is 27.3. The average molecular weight is 486 g/mol. The van der Waals surface area contributed by atoms with Crippen LogP contribution in [0, 0.1) is 0 Å². The number of rotatable bonds is 4. The molecular weight excluding hydrogens is 455 g/mol. The number of fused-ring (bicyclic) bond motifs is 1. The van der Waals surface area contributed by atoms with Crippen LogP contribution < -0.4 is 10.6 Å². The van der Waals surface area contributed by atoms with Crippen molar-refractivity contribution in [2.75, 3.05) is 18.4 Å². The third-order valence-corrected chi connectivity index (χ3v) is 5.33. The van der Waals surface area contributed by atoms with Gasteiger partial charge in [0.1, 0.15) is 0 Å². The molecule has 1 aromatic carbocycles. The normalized spacial score (nSPS) is 18.7. The highest BCUT2D eigenvalue weighted by molar-refractivity contribution is 6.00. The van der Waals surface area contributed by atoms with Gasteiger partial charge in [-0.05, 0) is 57.9 Å². The van der Waals surface area contributed by atoms with Gasteiger partial charge in [0.05, 0.1) is 0 Å². The number of Topliss-reactive ketones (excluding diaryl/α,β-unsaturated/α-hetero) is 1. The number of hydrogen-bond acceptors (Lipinski definition) is 5. The number of benzene rings is 1. The lowest BCUT2D eigenvalue weighted by Crippen LogP contribution is -2.67. The van der Waals surface area contributed by atoms with E-state index in [1.807, 2.05) is 11.0 Å². The third-order valence-electron chi connectivity index (χ3n) is 5.33. The van der Waals surface area contributed by atoms with Crippen LogP contribution in [0.25, 0.3) is 0 Å². The van der Waals surface area contributed by atoms with Crippen LogP contribution in [-0.2, 0) is 20.8 Å². The van der Waals surface area contributed by atoms with Crippen LogP contribution in [0.15, 0.2) is 18.2 Å². The molecule has 0 aromatic heterocycles. The van der Waals surface area contributed by atoms with Crippen LogP contribution in [0.3, 0.4) is 0 Å². The highest BCUT2D eigenvalue weighted by Gasteiger charge is 2.39. The Morgan fingerprint density at radius 2 is 1.59 bits per heavy atom. The molecule has 2 amide bonds. The molecule has 0 bridgehead atoms. The molecular formula is C23H30F3N3O5. The number of alkyl halides is 3. The quantitative estimate of drug-likeness (QED) is 0.565. The van der Waals surface area contributed by atoms with E-state index in [2.05, 4.69) is 38.3 Å². The second kappa shape index (κ2) is 10.1. The zero-order valence-electron chi connectivity index (χ0n) is 19.6. The number of anilines is 1. The number of nitrogens with one attached hydrogen (secondary N) is 2. The Kier molecular flexibility index (Phi) is 8.13. The predicted molar refractivity (Wildman–Crippen MR) is 119 cm³/mol. The lowest BCUT2D eigenvalue weighted by Gasteiger charge is -2.48. The summed E-state index contributed by atoms with van der Waals surface area (Å²) in [7, 11) is 0. The summed E-state index contributed by atoms with van der Waals surface area (Å²) in [5.41, 5.74) is 2.08. The van der Waals surface area contributed by atoms with Gasteiger partial charge >= 0.3 is 12.1 Å². The second-order valence-corrected chi connectivity index (χ2v) is 9.79. The first-order valence-corrected chi connectivity index (χ1v) is 10.8. The summed E-state index contributed by atoms with van der Waals surface area (Å²) in [5, 5.41) is 13.5. The molecule has 11 heteroatoms.